The number of hydrogen-bond acceptors (Lipinski definition) is 3. The van der Waals surface area contributed by atoms with E-state index < -0.39 is 5.97 Å². The zero-order valence-electron chi connectivity index (χ0n) is 11.4. The summed E-state index contributed by atoms with van der Waals surface area (Å²) >= 11 is 0. The molecule has 0 amide bonds. The minimum absolute atomic E-state index is 0.262. The summed E-state index contributed by atoms with van der Waals surface area (Å²) in [6.45, 7) is 2.24. The van der Waals surface area contributed by atoms with Crippen LogP contribution < -0.4 is 5.32 Å². The summed E-state index contributed by atoms with van der Waals surface area (Å²) in [5.41, 5.74) is 0.958. The monoisotopic (exact) mass is 262 g/mol. The molecule has 0 radical (unpaired) electrons. The molecule has 0 aromatic carbocycles. The smallest absolute Gasteiger partial charge is 0.339 e. The van der Waals surface area contributed by atoms with Crippen molar-refractivity contribution in [1.82, 2.24) is 4.98 Å². The number of carboxylic acid groups (broad SMARTS) is 1. The maximum absolute atomic E-state index is 11.1. The molecule has 1 heterocycles. The molecule has 104 valence electrons. The zero-order valence-corrected chi connectivity index (χ0v) is 11.4. The maximum Gasteiger partial charge on any atom is 0.339 e. The number of nitrogens with zero attached hydrogens (tertiary/aromatic N) is 1. The summed E-state index contributed by atoms with van der Waals surface area (Å²) in [5, 5.41) is 12.5. The SMILES string of the molecule is CCCC1CCC(Nc2ccncc2C(=O)O)CC1. The molecule has 0 bridgehead atoms. The number of aromatic carboxylic acids is 1. The van der Waals surface area contributed by atoms with Crippen LogP contribution in [0.4, 0.5) is 5.69 Å². The highest BCUT2D eigenvalue weighted by atomic mass is 16.4. The molecule has 0 atom stereocenters. The van der Waals surface area contributed by atoms with Crippen LogP contribution in [0.5, 0.6) is 0 Å². The van der Waals surface area contributed by atoms with E-state index in [1.807, 2.05) is 0 Å². The average Bonchev–Trinajstić information content (AvgIpc) is 2.42. The Hall–Kier alpha value is -1.58. The van der Waals surface area contributed by atoms with Crippen molar-refractivity contribution < 1.29 is 9.90 Å². The molecule has 1 fully saturated rings. The normalized spacial score (nSPS) is 23.0. The molecule has 2 rings (SSSR count). The summed E-state index contributed by atoms with van der Waals surface area (Å²) in [4.78, 5) is 15.0. The van der Waals surface area contributed by atoms with Crippen molar-refractivity contribution in [2.75, 3.05) is 5.32 Å². The molecule has 0 saturated heterocycles. The minimum atomic E-state index is -0.921. The first-order chi connectivity index (χ1) is 9.20. The molecule has 19 heavy (non-hydrogen) atoms. The lowest BCUT2D eigenvalue weighted by atomic mass is 9.83. The fraction of sp³-hybridized carbons (Fsp3) is 0.600. The van der Waals surface area contributed by atoms with Crippen LogP contribution in [0.3, 0.4) is 0 Å². The van der Waals surface area contributed by atoms with Gasteiger partial charge < -0.3 is 10.4 Å². The van der Waals surface area contributed by atoms with Crippen LogP contribution in [-0.4, -0.2) is 22.1 Å². The Labute approximate surface area is 114 Å². The van der Waals surface area contributed by atoms with Gasteiger partial charge in [0.15, 0.2) is 0 Å². The van der Waals surface area contributed by atoms with Gasteiger partial charge in [-0.25, -0.2) is 4.79 Å². The van der Waals surface area contributed by atoms with Gasteiger partial charge in [0.05, 0.1) is 5.69 Å². The van der Waals surface area contributed by atoms with Crippen LogP contribution in [0.25, 0.3) is 0 Å². The fourth-order valence-corrected chi connectivity index (χ4v) is 2.91. The Morgan fingerprint density at radius 1 is 1.42 bits per heavy atom. The van der Waals surface area contributed by atoms with Gasteiger partial charge in [0.25, 0.3) is 0 Å². The van der Waals surface area contributed by atoms with Crippen LogP contribution in [0, 0.1) is 5.92 Å². The van der Waals surface area contributed by atoms with E-state index >= 15 is 0 Å². The van der Waals surface area contributed by atoms with Gasteiger partial charge in [-0.2, -0.15) is 0 Å². The molecule has 1 saturated carbocycles. The molecular formula is C15H22N2O2. The number of anilines is 1. The summed E-state index contributed by atoms with van der Waals surface area (Å²) in [5.74, 6) is -0.0605. The lowest BCUT2D eigenvalue weighted by molar-refractivity contribution is 0.0697. The number of aromatic nitrogens is 1. The highest BCUT2D eigenvalue weighted by Crippen LogP contribution is 2.30. The van der Waals surface area contributed by atoms with Crippen molar-refractivity contribution in [2.45, 2.75) is 51.5 Å². The van der Waals surface area contributed by atoms with Crippen molar-refractivity contribution in [3.63, 3.8) is 0 Å². The highest BCUT2D eigenvalue weighted by molar-refractivity contribution is 5.93. The molecule has 1 aromatic heterocycles. The molecule has 0 aliphatic heterocycles. The number of carboxylic acids is 1. The van der Waals surface area contributed by atoms with E-state index in [-0.39, 0.29) is 5.56 Å². The third-order valence-corrected chi connectivity index (χ3v) is 3.95. The van der Waals surface area contributed by atoms with E-state index in [0.29, 0.717) is 11.7 Å². The van der Waals surface area contributed by atoms with Crippen molar-refractivity contribution in [1.29, 1.82) is 0 Å². The van der Waals surface area contributed by atoms with Gasteiger partial charge >= 0.3 is 5.97 Å². The summed E-state index contributed by atoms with van der Waals surface area (Å²) in [6.07, 6.45) is 10.4. The van der Waals surface area contributed by atoms with Gasteiger partial charge in [-0.1, -0.05) is 19.8 Å². The van der Waals surface area contributed by atoms with Crippen LogP contribution >= 0.6 is 0 Å². The van der Waals surface area contributed by atoms with E-state index in [9.17, 15) is 4.79 Å². The second kappa shape index (κ2) is 6.55. The predicted octanol–water partition coefficient (Wildman–Crippen LogP) is 3.55. The first-order valence-corrected chi connectivity index (χ1v) is 7.14. The van der Waals surface area contributed by atoms with Crippen molar-refractivity contribution in [2.24, 2.45) is 5.92 Å². The van der Waals surface area contributed by atoms with Gasteiger partial charge in [0.1, 0.15) is 5.56 Å². The summed E-state index contributed by atoms with van der Waals surface area (Å²) < 4.78 is 0. The first-order valence-electron chi connectivity index (χ1n) is 7.14. The maximum atomic E-state index is 11.1. The number of pyridine rings is 1. The lowest BCUT2D eigenvalue weighted by Gasteiger charge is -2.29. The Kier molecular flexibility index (Phi) is 4.77. The van der Waals surface area contributed by atoms with Gasteiger partial charge in [-0.15, -0.1) is 0 Å². The quantitative estimate of drug-likeness (QED) is 0.851. The fourth-order valence-electron chi connectivity index (χ4n) is 2.91. The van der Waals surface area contributed by atoms with Crippen LogP contribution in [0.15, 0.2) is 18.5 Å². The minimum Gasteiger partial charge on any atom is -0.478 e. The molecule has 1 aromatic rings. The average molecular weight is 262 g/mol. The Morgan fingerprint density at radius 3 is 2.79 bits per heavy atom. The molecule has 0 unspecified atom stereocenters. The van der Waals surface area contributed by atoms with E-state index in [1.54, 1.807) is 12.3 Å². The second-order valence-corrected chi connectivity index (χ2v) is 5.38. The van der Waals surface area contributed by atoms with Crippen molar-refractivity contribution >= 4 is 11.7 Å². The van der Waals surface area contributed by atoms with Crippen molar-refractivity contribution in [3.8, 4) is 0 Å². The van der Waals surface area contributed by atoms with Crippen LogP contribution in [0.1, 0.15) is 55.8 Å². The second-order valence-electron chi connectivity index (χ2n) is 5.38. The lowest BCUT2D eigenvalue weighted by Crippen LogP contribution is -2.27. The molecule has 1 aliphatic carbocycles. The predicted molar refractivity (Wildman–Crippen MR) is 75.5 cm³/mol. The number of carbonyl (C=O) groups is 1. The first kappa shape index (κ1) is 13.8. The van der Waals surface area contributed by atoms with E-state index in [1.165, 1.54) is 31.9 Å². The third kappa shape index (κ3) is 3.69. The van der Waals surface area contributed by atoms with E-state index in [0.717, 1.165) is 18.8 Å². The van der Waals surface area contributed by atoms with Gasteiger partial charge in [0, 0.05) is 18.4 Å². The molecule has 2 N–H and O–H groups in total. The Morgan fingerprint density at radius 2 is 2.16 bits per heavy atom. The highest BCUT2D eigenvalue weighted by Gasteiger charge is 2.21. The van der Waals surface area contributed by atoms with E-state index in [2.05, 4.69) is 17.2 Å². The Bertz CT molecular complexity index is 426. The molecule has 1 aliphatic rings. The molecular weight excluding hydrogens is 240 g/mol. The van der Waals surface area contributed by atoms with Gasteiger partial charge in [0.2, 0.25) is 0 Å². The molecule has 4 nitrogen and oxygen atoms in total. The number of rotatable bonds is 5. The molecule has 4 heteroatoms. The topological polar surface area (TPSA) is 62.2 Å². The summed E-state index contributed by atoms with van der Waals surface area (Å²) in [6, 6.07) is 2.15. The van der Waals surface area contributed by atoms with Gasteiger partial charge in [-0.05, 0) is 37.7 Å². The van der Waals surface area contributed by atoms with Gasteiger partial charge in [-0.3, -0.25) is 4.98 Å². The largest absolute Gasteiger partial charge is 0.478 e. The van der Waals surface area contributed by atoms with Crippen LogP contribution in [0.2, 0.25) is 0 Å². The van der Waals surface area contributed by atoms with Crippen LogP contribution in [-0.2, 0) is 0 Å². The standard InChI is InChI=1S/C15H22N2O2/c1-2-3-11-4-6-12(7-5-11)17-14-8-9-16-10-13(14)15(18)19/h8-12H,2-7H2,1H3,(H,16,17)(H,18,19). The summed E-state index contributed by atoms with van der Waals surface area (Å²) in [7, 11) is 0. The van der Waals surface area contributed by atoms with Crippen molar-refractivity contribution in [3.05, 3.63) is 24.0 Å². The Balaban J connectivity index is 1.94. The third-order valence-electron chi connectivity index (χ3n) is 3.95. The number of hydrogen-bond donors (Lipinski definition) is 2. The zero-order chi connectivity index (χ0) is 13.7. The molecule has 0 spiro atoms. The van der Waals surface area contributed by atoms with E-state index in [4.69, 9.17) is 5.11 Å². The number of nitrogens with one attached hydrogen (secondary N) is 1.